The number of thioether (sulfide) groups is 1. The summed E-state index contributed by atoms with van der Waals surface area (Å²) >= 11 is 1.66. The van der Waals surface area contributed by atoms with E-state index in [1.165, 1.54) is 0 Å². The van der Waals surface area contributed by atoms with E-state index in [9.17, 15) is 4.79 Å². The number of carbonyl (C=O) groups is 1. The quantitative estimate of drug-likeness (QED) is 0.865. The number of benzene rings is 1. The second-order valence-electron chi connectivity index (χ2n) is 5.27. The fourth-order valence-electron chi connectivity index (χ4n) is 2.79. The predicted molar refractivity (Wildman–Crippen MR) is 90.2 cm³/mol. The molecule has 22 heavy (non-hydrogen) atoms. The van der Waals surface area contributed by atoms with Crippen LogP contribution in [0.25, 0.3) is 0 Å². The Kier molecular flexibility index (Phi) is 4.63. The molecule has 1 atom stereocenters. The second kappa shape index (κ2) is 6.83. The maximum absolute atomic E-state index is 12.6. The van der Waals surface area contributed by atoms with Crippen molar-refractivity contribution in [3.8, 4) is 0 Å². The number of rotatable bonds is 3. The number of pyridine rings is 1. The molecule has 5 heteroatoms. The van der Waals surface area contributed by atoms with Crippen LogP contribution in [0.2, 0.25) is 0 Å². The number of anilines is 1. The molecule has 0 radical (unpaired) electrons. The fraction of sp³-hybridized carbons (Fsp3) is 0.294. The highest BCUT2D eigenvalue weighted by atomic mass is 32.2. The third-order valence-electron chi connectivity index (χ3n) is 3.86. The van der Waals surface area contributed by atoms with E-state index in [-0.39, 0.29) is 12.1 Å². The van der Waals surface area contributed by atoms with Crippen LogP contribution in [-0.2, 0) is 0 Å². The molecule has 1 fully saturated rings. The summed E-state index contributed by atoms with van der Waals surface area (Å²) in [5, 5.41) is 3.00. The largest absolute Gasteiger partial charge is 0.322 e. The van der Waals surface area contributed by atoms with Crippen LogP contribution in [0.15, 0.2) is 53.6 Å². The lowest BCUT2D eigenvalue weighted by Crippen LogP contribution is -2.34. The zero-order valence-corrected chi connectivity index (χ0v) is 13.3. The van der Waals surface area contributed by atoms with Gasteiger partial charge in [0.1, 0.15) is 0 Å². The molecule has 1 aromatic carbocycles. The van der Waals surface area contributed by atoms with Crippen LogP contribution in [0.1, 0.15) is 24.6 Å². The molecular weight excluding hydrogens is 294 g/mol. The van der Waals surface area contributed by atoms with Gasteiger partial charge in [-0.25, -0.2) is 4.79 Å². The molecule has 3 rings (SSSR count). The summed E-state index contributed by atoms with van der Waals surface area (Å²) in [5.41, 5.74) is 1.80. The Morgan fingerprint density at radius 2 is 2.23 bits per heavy atom. The summed E-state index contributed by atoms with van der Waals surface area (Å²) in [5.74, 6) is 0. The highest BCUT2D eigenvalue weighted by Crippen LogP contribution is 2.31. The summed E-state index contributed by atoms with van der Waals surface area (Å²) in [4.78, 5) is 20.0. The molecule has 114 valence electrons. The summed E-state index contributed by atoms with van der Waals surface area (Å²) in [6, 6.07) is 13.8. The molecule has 1 N–H and O–H groups in total. The topological polar surface area (TPSA) is 45.2 Å². The molecule has 0 aliphatic carbocycles. The Hall–Kier alpha value is -2.01. The van der Waals surface area contributed by atoms with Crippen LogP contribution < -0.4 is 5.32 Å². The van der Waals surface area contributed by atoms with E-state index in [4.69, 9.17) is 0 Å². The van der Waals surface area contributed by atoms with Crippen molar-refractivity contribution >= 4 is 23.5 Å². The van der Waals surface area contributed by atoms with Gasteiger partial charge < -0.3 is 10.2 Å². The number of aromatic nitrogens is 1. The first-order chi connectivity index (χ1) is 10.8. The lowest BCUT2D eigenvalue weighted by atomic mass is 10.1. The molecule has 0 spiro atoms. The van der Waals surface area contributed by atoms with Crippen molar-refractivity contribution in [2.45, 2.75) is 23.8 Å². The van der Waals surface area contributed by atoms with Crippen LogP contribution in [0.5, 0.6) is 0 Å². The summed E-state index contributed by atoms with van der Waals surface area (Å²) in [7, 11) is 0. The van der Waals surface area contributed by atoms with Crippen molar-refractivity contribution in [3.05, 3.63) is 54.4 Å². The molecule has 0 unspecified atom stereocenters. The van der Waals surface area contributed by atoms with E-state index >= 15 is 0 Å². The monoisotopic (exact) mass is 313 g/mol. The zero-order chi connectivity index (χ0) is 15.4. The van der Waals surface area contributed by atoms with Gasteiger partial charge in [-0.05, 0) is 49.4 Å². The number of urea groups is 1. The average Bonchev–Trinajstić information content (AvgIpc) is 3.05. The second-order valence-corrected chi connectivity index (χ2v) is 6.15. The summed E-state index contributed by atoms with van der Waals surface area (Å²) in [6.45, 7) is 0.773. The zero-order valence-electron chi connectivity index (χ0n) is 12.5. The third kappa shape index (κ3) is 3.25. The Morgan fingerprint density at radius 1 is 1.32 bits per heavy atom. The van der Waals surface area contributed by atoms with Crippen molar-refractivity contribution in [1.29, 1.82) is 0 Å². The molecule has 0 saturated carbocycles. The minimum atomic E-state index is -0.0496. The van der Waals surface area contributed by atoms with Crippen LogP contribution in [0.3, 0.4) is 0 Å². The molecule has 1 aromatic heterocycles. The molecule has 1 aliphatic heterocycles. The standard InChI is InChI=1S/C17H19N3OS/c1-22-14-7-4-6-13(12-14)19-17(21)20-11-5-9-16(20)15-8-2-3-10-18-15/h2-4,6-8,10,12,16H,5,9,11H2,1H3,(H,19,21)/t16-/m0/s1. The van der Waals surface area contributed by atoms with Gasteiger partial charge in [-0.1, -0.05) is 12.1 Å². The Bertz CT molecular complexity index is 647. The molecule has 4 nitrogen and oxygen atoms in total. The minimum absolute atomic E-state index is 0.0496. The van der Waals surface area contributed by atoms with Crippen LogP contribution >= 0.6 is 11.8 Å². The number of nitrogens with zero attached hydrogens (tertiary/aromatic N) is 2. The van der Waals surface area contributed by atoms with Crippen LogP contribution in [0.4, 0.5) is 10.5 Å². The minimum Gasteiger partial charge on any atom is -0.316 e. The lowest BCUT2D eigenvalue weighted by molar-refractivity contribution is 0.206. The third-order valence-corrected chi connectivity index (χ3v) is 4.59. The molecule has 2 heterocycles. The van der Waals surface area contributed by atoms with Gasteiger partial charge in [0.05, 0.1) is 11.7 Å². The molecular formula is C17H19N3OS. The van der Waals surface area contributed by atoms with E-state index < -0.39 is 0 Å². The summed E-state index contributed by atoms with van der Waals surface area (Å²) in [6.07, 6.45) is 5.79. The number of hydrogen-bond donors (Lipinski definition) is 1. The first-order valence-corrected chi connectivity index (χ1v) is 8.63. The highest BCUT2D eigenvalue weighted by molar-refractivity contribution is 7.98. The predicted octanol–water partition coefficient (Wildman–Crippen LogP) is 4.17. The van der Waals surface area contributed by atoms with Crippen molar-refractivity contribution < 1.29 is 4.79 Å². The first-order valence-electron chi connectivity index (χ1n) is 7.40. The first kappa shape index (κ1) is 14.9. The number of likely N-dealkylation sites (tertiary alicyclic amines) is 1. The van der Waals surface area contributed by atoms with Gasteiger partial charge >= 0.3 is 6.03 Å². The fourth-order valence-corrected chi connectivity index (χ4v) is 3.25. The van der Waals surface area contributed by atoms with E-state index in [0.717, 1.165) is 35.7 Å². The highest BCUT2D eigenvalue weighted by Gasteiger charge is 2.30. The van der Waals surface area contributed by atoms with E-state index in [2.05, 4.69) is 10.3 Å². The Morgan fingerprint density at radius 3 is 3.00 bits per heavy atom. The van der Waals surface area contributed by atoms with E-state index in [0.29, 0.717) is 0 Å². The van der Waals surface area contributed by atoms with Crippen LogP contribution in [-0.4, -0.2) is 28.7 Å². The maximum atomic E-state index is 12.6. The Balaban J connectivity index is 1.73. The number of amides is 2. The van der Waals surface area contributed by atoms with Gasteiger partial charge in [0.25, 0.3) is 0 Å². The summed E-state index contributed by atoms with van der Waals surface area (Å²) < 4.78 is 0. The van der Waals surface area contributed by atoms with Gasteiger partial charge in [-0.3, -0.25) is 4.98 Å². The van der Waals surface area contributed by atoms with Crippen LogP contribution in [0, 0.1) is 0 Å². The number of carbonyl (C=O) groups excluding carboxylic acids is 1. The van der Waals surface area contributed by atoms with Gasteiger partial charge in [0, 0.05) is 23.3 Å². The smallest absolute Gasteiger partial charge is 0.316 e. The maximum Gasteiger partial charge on any atom is 0.322 e. The van der Waals surface area contributed by atoms with Gasteiger partial charge in [0.15, 0.2) is 0 Å². The van der Waals surface area contributed by atoms with Gasteiger partial charge in [-0.2, -0.15) is 0 Å². The Labute approximate surface area is 134 Å². The molecule has 1 aliphatic rings. The van der Waals surface area contributed by atoms with Crippen molar-refractivity contribution in [2.24, 2.45) is 0 Å². The normalized spacial score (nSPS) is 17.5. The number of nitrogens with one attached hydrogen (secondary N) is 1. The molecule has 1 saturated heterocycles. The van der Waals surface area contributed by atoms with Gasteiger partial charge in [0.2, 0.25) is 0 Å². The van der Waals surface area contributed by atoms with Gasteiger partial charge in [-0.15, -0.1) is 11.8 Å². The average molecular weight is 313 g/mol. The van der Waals surface area contributed by atoms with E-state index in [1.807, 2.05) is 53.6 Å². The SMILES string of the molecule is CSc1cccc(NC(=O)N2CCC[C@H]2c2ccccn2)c1. The lowest BCUT2D eigenvalue weighted by Gasteiger charge is -2.24. The number of hydrogen-bond acceptors (Lipinski definition) is 3. The van der Waals surface area contributed by atoms with Crippen molar-refractivity contribution in [2.75, 3.05) is 18.1 Å². The molecule has 2 aromatic rings. The molecule has 2 amide bonds. The molecule has 0 bridgehead atoms. The van der Waals surface area contributed by atoms with Crippen molar-refractivity contribution in [3.63, 3.8) is 0 Å². The van der Waals surface area contributed by atoms with E-state index in [1.54, 1.807) is 18.0 Å². The van der Waals surface area contributed by atoms with Crippen molar-refractivity contribution in [1.82, 2.24) is 9.88 Å².